The minimum absolute atomic E-state index is 0.00560. The largest absolute Gasteiger partial charge is 0.503 e. The predicted molar refractivity (Wildman–Crippen MR) is 297 cm³/mol. The smallest absolute Gasteiger partial charge is 0.294 e. The number of para-hydroxylation sites is 2. The van der Waals surface area contributed by atoms with E-state index in [1.807, 2.05) is 6.20 Å². The summed E-state index contributed by atoms with van der Waals surface area (Å²) < 4.78 is 6.97. The number of benzene rings is 7. The van der Waals surface area contributed by atoms with Crippen molar-refractivity contribution in [2.45, 2.75) is 105 Å². The van der Waals surface area contributed by atoms with E-state index in [2.05, 4.69) is 273 Å². The molecule has 0 aliphatic carbocycles. The Morgan fingerprint density at radius 2 is 1.04 bits per heavy atom. The van der Waals surface area contributed by atoms with Crippen LogP contribution in [0.1, 0.15) is 105 Å². The minimum atomic E-state index is -0.0571. The van der Waals surface area contributed by atoms with Crippen LogP contribution >= 0.6 is 0 Å². The van der Waals surface area contributed by atoms with Crippen molar-refractivity contribution < 1.29 is 0 Å². The van der Waals surface area contributed by atoms with Crippen LogP contribution in [0.15, 0.2) is 176 Å². The molecule has 0 bridgehead atoms. The van der Waals surface area contributed by atoms with Gasteiger partial charge in [0.05, 0.1) is 16.6 Å². The number of hydrogen-bond acceptors (Lipinski definition) is 1. The fourth-order valence-electron chi connectivity index (χ4n) is 10.0. The van der Waals surface area contributed by atoms with Crippen molar-refractivity contribution in [3.8, 4) is 16.9 Å². The number of pyridine rings is 1. The summed E-state index contributed by atoms with van der Waals surface area (Å²) in [5.74, 6) is 0.930. The van der Waals surface area contributed by atoms with Crippen LogP contribution in [0, 0.1) is 0 Å². The molecule has 0 fully saturated rings. The molecule has 9 aromatic rings. The van der Waals surface area contributed by atoms with Crippen LogP contribution in [-0.2, 0) is 21.7 Å². The van der Waals surface area contributed by atoms with Crippen LogP contribution in [0.2, 0.25) is 0 Å². The molecule has 4 nitrogen and oxygen atoms in total. The molecule has 2 aromatic heterocycles. The van der Waals surface area contributed by atoms with E-state index in [0.717, 1.165) is 39.6 Å². The summed E-state index contributed by atoms with van der Waals surface area (Å²) in [6, 6.07) is 67.3. The molecule has 0 atom stereocenters. The van der Waals surface area contributed by atoms with Gasteiger partial charge in [0.15, 0.2) is 0 Å². The first-order chi connectivity index (χ1) is 32.7. The lowest BCUT2D eigenvalue weighted by molar-refractivity contribution is 0.568. The van der Waals surface area contributed by atoms with Crippen LogP contribution < -0.4 is 25.5 Å². The second-order valence-electron chi connectivity index (χ2n) is 23.3. The maximum Gasteiger partial charge on any atom is 0.503 e. The van der Waals surface area contributed by atoms with E-state index in [-0.39, 0.29) is 28.4 Å². The third kappa shape index (κ3) is 8.59. The van der Waals surface area contributed by atoms with Crippen molar-refractivity contribution in [3.05, 3.63) is 198 Å². The zero-order valence-corrected chi connectivity index (χ0v) is 42.6. The summed E-state index contributed by atoms with van der Waals surface area (Å²) in [6.45, 7) is 27.5. The summed E-state index contributed by atoms with van der Waals surface area (Å²) >= 11 is 0. The van der Waals surface area contributed by atoms with Gasteiger partial charge in [-0.3, -0.25) is 4.57 Å². The van der Waals surface area contributed by atoms with E-state index in [9.17, 15) is 0 Å². The van der Waals surface area contributed by atoms with Crippen molar-refractivity contribution in [3.63, 3.8) is 0 Å². The van der Waals surface area contributed by atoms with E-state index >= 15 is 0 Å². The summed E-state index contributed by atoms with van der Waals surface area (Å²) in [5, 5.41) is 2.43. The molecule has 1 aliphatic heterocycles. The lowest BCUT2D eigenvalue weighted by Gasteiger charge is -2.24. The Labute approximate surface area is 410 Å². The number of fused-ring (bicyclic) bond motifs is 4. The Kier molecular flexibility index (Phi) is 11.2. The maximum absolute atomic E-state index is 5.01. The molecule has 0 N–H and O–H groups in total. The Morgan fingerprint density at radius 1 is 0.435 bits per heavy atom. The van der Waals surface area contributed by atoms with Crippen molar-refractivity contribution in [2.24, 2.45) is 0 Å². The van der Waals surface area contributed by atoms with Gasteiger partial charge in [0.2, 0.25) is 18.1 Å². The van der Waals surface area contributed by atoms with Gasteiger partial charge < -0.3 is 0 Å². The van der Waals surface area contributed by atoms with Gasteiger partial charge in [0.1, 0.15) is 5.82 Å². The molecule has 342 valence electrons. The Morgan fingerprint density at radius 3 is 1.75 bits per heavy atom. The highest BCUT2D eigenvalue weighted by atomic mass is 15.2. The first-order valence-electron chi connectivity index (χ1n) is 24.7. The molecule has 5 heteroatoms. The average molecular weight is 901 g/mol. The van der Waals surface area contributed by atoms with Gasteiger partial charge in [-0.15, -0.1) is 0 Å². The van der Waals surface area contributed by atoms with Crippen LogP contribution in [0.5, 0.6) is 0 Å². The normalized spacial score (nSPS) is 13.2. The molecule has 0 spiro atoms. The summed E-state index contributed by atoms with van der Waals surface area (Å²) in [5.41, 5.74) is 17.8. The Bertz CT molecular complexity index is 3490. The second-order valence-corrected chi connectivity index (χ2v) is 23.3. The predicted octanol–water partition coefficient (Wildman–Crippen LogP) is 14.4. The second kappa shape index (κ2) is 16.9. The maximum atomic E-state index is 5.01. The van der Waals surface area contributed by atoms with Gasteiger partial charge in [-0.25, -0.2) is 4.98 Å². The highest BCUT2D eigenvalue weighted by molar-refractivity contribution is 6.95. The van der Waals surface area contributed by atoms with Gasteiger partial charge >= 0.3 is 11.7 Å². The van der Waals surface area contributed by atoms with Gasteiger partial charge in [-0.05, 0) is 89.0 Å². The van der Waals surface area contributed by atoms with E-state index in [0.29, 0.717) is 0 Å². The van der Waals surface area contributed by atoms with E-state index in [1.54, 1.807) is 0 Å². The van der Waals surface area contributed by atoms with E-state index in [4.69, 9.17) is 4.98 Å². The topological polar surface area (TPSA) is 23.8 Å². The molecule has 0 amide bonds. The molecule has 3 heterocycles. The van der Waals surface area contributed by atoms with Gasteiger partial charge in [-0.1, -0.05) is 209 Å². The van der Waals surface area contributed by atoms with Crippen molar-refractivity contribution in [2.75, 3.05) is 0 Å². The zero-order chi connectivity index (χ0) is 48.6. The van der Waals surface area contributed by atoms with Crippen LogP contribution in [0.25, 0.3) is 38.8 Å². The Hall–Kier alpha value is -7.07. The van der Waals surface area contributed by atoms with Crippen LogP contribution in [0.4, 0.5) is 22.7 Å². The summed E-state index contributed by atoms with van der Waals surface area (Å²) in [4.78, 5) is 5.01. The third-order valence-corrected chi connectivity index (χ3v) is 14.1. The van der Waals surface area contributed by atoms with Crippen molar-refractivity contribution >= 4 is 73.7 Å². The molecule has 0 radical (unpaired) electrons. The quantitative estimate of drug-likeness (QED) is 0.115. The summed E-state index contributed by atoms with van der Waals surface area (Å²) in [7, 11) is 0. The standard InChI is InChI=1S/C64H65BN4/c1-61(2,3)44-22-18-21-43(35-44)53-28-20-30-57-60(53)68(52-37-46(63(7,8)9)36-47(38-52)64(10,11)12)42-67(57)51-26-19-25-49(40-51)65(48-23-14-13-15-24-48)50-31-32-55-54-27-16-17-29-56(54)69(58(55)41-50)59-39-45(33-34-66-59)62(4,5)6/h13-41H,1-12H3/q+2. The van der Waals surface area contributed by atoms with E-state index in [1.165, 1.54) is 60.5 Å². The summed E-state index contributed by atoms with van der Waals surface area (Å²) in [6.07, 6.45) is 1.96. The molecular formula is C64H65BN4+2. The fourth-order valence-corrected chi connectivity index (χ4v) is 10.0. The highest BCUT2D eigenvalue weighted by Gasteiger charge is 2.41. The minimum Gasteiger partial charge on any atom is -0.294 e. The Balaban J connectivity index is 1.19. The highest BCUT2D eigenvalue weighted by Crippen LogP contribution is 2.45. The number of rotatable bonds is 7. The number of nitrogens with zero attached hydrogens (tertiary/aromatic N) is 4. The molecule has 0 saturated carbocycles. The van der Waals surface area contributed by atoms with Crippen molar-refractivity contribution in [1.82, 2.24) is 18.7 Å². The van der Waals surface area contributed by atoms with Gasteiger partial charge in [0, 0.05) is 47.3 Å². The fraction of sp³-hybridized carbons (Fsp3) is 0.250. The first kappa shape index (κ1) is 45.7. The lowest BCUT2D eigenvalue weighted by atomic mass is 9.37. The first-order valence-corrected chi connectivity index (χ1v) is 24.7. The molecule has 10 rings (SSSR count). The molecule has 69 heavy (non-hydrogen) atoms. The number of aromatic nitrogens is 2. The lowest BCUT2D eigenvalue weighted by Crippen LogP contribution is -2.52. The molecular weight excluding hydrogens is 836 g/mol. The van der Waals surface area contributed by atoms with Crippen molar-refractivity contribution in [1.29, 1.82) is 0 Å². The SMILES string of the molecule is CC(C)(C)c1cccc(-c2cccc3c2[N+](c2cc(C(C)(C)C)cc(C(C)(C)C)c2)=C=[N+]3c2cccc(B(c3ccccc3)c3ccc4c5ccccc5n(-c5cc(C(C)(C)C)ccn5)c4c3)c2)c1. The van der Waals surface area contributed by atoms with Crippen LogP contribution in [-0.4, -0.2) is 22.3 Å². The molecule has 0 saturated heterocycles. The molecule has 7 aromatic carbocycles. The third-order valence-electron chi connectivity index (χ3n) is 14.1. The van der Waals surface area contributed by atoms with Gasteiger partial charge in [-0.2, -0.15) is 0 Å². The van der Waals surface area contributed by atoms with Crippen LogP contribution in [0.3, 0.4) is 0 Å². The van der Waals surface area contributed by atoms with E-state index < -0.39 is 0 Å². The number of hydrogen-bond donors (Lipinski definition) is 0. The molecule has 0 unspecified atom stereocenters. The monoisotopic (exact) mass is 901 g/mol. The average Bonchev–Trinajstić information content (AvgIpc) is 3.87. The molecule has 1 aliphatic rings. The zero-order valence-electron chi connectivity index (χ0n) is 42.6. The van der Waals surface area contributed by atoms with Gasteiger partial charge in [0.25, 0.3) is 5.69 Å².